The summed E-state index contributed by atoms with van der Waals surface area (Å²) in [5.74, 6) is 0.219. The van der Waals surface area contributed by atoms with Gasteiger partial charge in [-0.25, -0.2) is 4.48 Å². The largest absolute Gasteiger partial charge is 0.519 e. The number of nitrogens with one attached hydrogen (secondary N) is 2. The van der Waals surface area contributed by atoms with Gasteiger partial charge in [-0.05, 0) is 36.6 Å². The molecule has 3 aromatic carbocycles. The molecule has 0 spiro atoms. The summed E-state index contributed by atoms with van der Waals surface area (Å²) < 4.78 is 7.19. The molecule has 0 radical (unpaired) electrons. The van der Waals surface area contributed by atoms with Crippen molar-refractivity contribution >= 4 is 32.7 Å². The van der Waals surface area contributed by atoms with Crippen LogP contribution in [-0.2, 0) is 4.74 Å². The topological polar surface area (TPSA) is 55.7 Å². The predicted octanol–water partition coefficient (Wildman–Crippen LogP) is 5.00. The van der Waals surface area contributed by atoms with Crippen molar-refractivity contribution in [1.29, 1.82) is 0 Å². The van der Waals surface area contributed by atoms with Crippen molar-refractivity contribution in [2.75, 3.05) is 40.3 Å². The average molecular weight is 545 g/mol. The lowest BCUT2D eigenvalue weighted by Crippen LogP contribution is -3.10. The molecule has 4 unspecified atom stereocenters. The van der Waals surface area contributed by atoms with Gasteiger partial charge in [0.15, 0.2) is 0 Å². The maximum Gasteiger partial charge on any atom is 0.519 e. The quantitative estimate of drug-likeness (QED) is 0.276. The van der Waals surface area contributed by atoms with Gasteiger partial charge < -0.3 is 10.1 Å². The Hall–Kier alpha value is -2.94. The Labute approximate surface area is 235 Å². The van der Waals surface area contributed by atoms with Gasteiger partial charge in [-0.2, -0.15) is 14.7 Å². The summed E-state index contributed by atoms with van der Waals surface area (Å²) in [5, 5.41) is 4.50. The first-order valence-corrected chi connectivity index (χ1v) is 14.8. The number of amides is 2. The molecule has 2 amide bonds. The van der Waals surface area contributed by atoms with Crippen LogP contribution >= 0.6 is 11.3 Å². The van der Waals surface area contributed by atoms with E-state index >= 15 is 0 Å². The van der Waals surface area contributed by atoms with Gasteiger partial charge in [0.1, 0.15) is 6.54 Å². The molecule has 2 N–H and O–H groups in total. The summed E-state index contributed by atoms with van der Waals surface area (Å²) in [6, 6.07) is 29.9. The second-order valence-corrected chi connectivity index (χ2v) is 11.9. The molecule has 6 nitrogen and oxygen atoms in total. The molecular formula is C32H40N4O2S+2. The molecule has 204 valence electrons. The van der Waals surface area contributed by atoms with Crippen molar-refractivity contribution < 1.29 is 18.9 Å². The Morgan fingerprint density at radius 3 is 2.28 bits per heavy atom. The van der Waals surface area contributed by atoms with Crippen LogP contribution in [0.4, 0.5) is 9.93 Å². The lowest BCUT2D eigenvalue weighted by molar-refractivity contribution is -0.917. The van der Waals surface area contributed by atoms with Crippen molar-refractivity contribution in [3.63, 3.8) is 0 Å². The first kappa shape index (κ1) is 27.6. The Morgan fingerprint density at radius 2 is 1.67 bits per heavy atom. The number of carbonyl (C=O) groups is 1. The summed E-state index contributed by atoms with van der Waals surface area (Å²) in [6.07, 6.45) is 2.09. The summed E-state index contributed by atoms with van der Waals surface area (Å²) in [4.78, 5) is 19.8. The fraction of sp³-hybridized carbons (Fsp3) is 0.375. The normalized spacial score (nSPS) is 19.8. The summed E-state index contributed by atoms with van der Waals surface area (Å²) in [5.41, 5.74) is 3.51. The van der Waals surface area contributed by atoms with Crippen molar-refractivity contribution in [1.82, 2.24) is 10.3 Å². The van der Waals surface area contributed by atoms with Crippen LogP contribution in [0.1, 0.15) is 36.8 Å². The lowest BCUT2D eigenvalue weighted by Gasteiger charge is -2.32. The fourth-order valence-electron chi connectivity index (χ4n) is 5.65. The van der Waals surface area contributed by atoms with E-state index in [0.717, 1.165) is 52.8 Å². The molecule has 2 heterocycles. The highest BCUT2D eigenvalue weighted by molar-refractivity contribution is 7.21. The number of hydrogen-bond acceptors (Lipinski definition) is 5. The molecule has 1 fully saturated rings. The maximum atomic E-state index is 14.3. The third kappa shape index (κ3) is 6.45. The number of rotatable bonds is 10. The monoisotopic (exact) mass is 544 g/mol. The fourth-order valence-corrected chi connectivity index (χ4v) is 6.61. The Kier molecular flexibility index (Phi) is 8.85. The number of thiazole rings is 1. The summed E-state index contributed by atoms with van der Waals surface area (Å²) in [6.45, 7) is 5.12. The standard InChI is InChI=1S/C32H39N4O2S/c1-24-28(19-23-38-24)33-20-22-36(3,32(37)35(2)31-34-29-16-10-11-17-30(29)39-31)21-18-27(25-12-6-4-7-13-25)26-14-8-5-9-15-26/h4-17,24,27-28,33H,18-23H2,1-3H3/q+1/p+1. The van der Waals surface area contributed by atoms with Gasteiger partial charge >= 0.3 is 6.03 Å². The summed E-state index contributed by atoms with van der Waals surface area (Å²) in [7, 11) is 4.05. The molecule has 1 aliphatic heterocycles. The molecule has 1 aliphatic rings. The number of nitrogens with zero attached hydrogens (tertiary/aromatic N) is 2. The van der Waals surface area contributed by atoms with Crippen LogP contribution in [-0.4, -0.2) is 68.0 Å². The van der Waals surface area contributed by atoms with Gasteiger partial charge in [-0.3, -0.25) is 0 Å². The highest BCUT2D eigenvalue weighted by atomic mass is 32.1. The zero-order valence-electron chi connectivity index (χ0n) is 23.2. The van der Waals surface area contributed by atoms with Crippen LogP contribution in [0, 0.1) is 0 Å². The molecule has 0 aliphatic carbocycles. The van der Waals surface area contributed by atoms with Crippen LogP contribution in [0.3, 0.4) is 0 Å². The summed E-state index contributed by atoms with van der Waals surface area (Å²) >= 11 is 1.60. The van der Waals surface area contributed by atoms with E-state index in [1.54, 1.807) is 11.3 Å². The minimum atomic E-state index is 0.145. The number of likely N-dealkylation sites (N-methyl/N-ethyl adjacent to an activating group) is 1. The van der Waals surface area contributed by atoms with Gasteiger partial charge in [0.05, 0.1) is 37.0 Å². The number of fused-ring (bicyclic) bond motifs is 1. The molecule has 0 bridgehead atoms. The number of para-hydroxylation sites is 1. The molecule has 39 heavy (non-hydrogen) atoms. The minimum absolute atomic E-state index is 0.145. The van der Waals surface area contributed by atoms with Gasteiger partial charge in [0, 0.05) is 31.5 Å². The predicted molar refractivity (Wildman–Crippen MR) is 159 cm³/mol. The van der Waals surface area contributed by atoms with Gasteiger partial charge in [0.2, 0.25) is 0 Å². The van der Waals surface area contributed by atoms with Crippen molar-refractivity contribution in [2.45, 2.75) is 37.8 Å². The zero-order valence-corrected chi connectivity index (χ0v) is 24.0. The first-order valence-electron chi connectivity index (χ1n) is 14.0. The van der Waals surface area contributed by atoms with Crippen molar-refractivity contribution in [2.24, 2.45) is 0 Å². The third-order valence-electron chi connectivity index (χ3n) is 8.13. The number of ether oxygens (including phenoxy) is 1. The number of carbonyl (C=O) groups excluding carboxylic acids is 1. The molecule has 1 aromatic heterocycles. The molecule has 4 aromatic rings. The number of hydrogen-bond donors (Lipinski definition) is 2. The SMILES string of the molecule is CC1OCCC1NCC[N+](C)(CCC(c1ccccc1)c1ccccc1)C(=O)[NH+](C)c1nc2ccccc2s1. The van der Waals surface area contributed by atoms with Gasteiger partial charge in [0.25, 0.3) is 5.13 Å². The number of urea groups is 1. The van der Waals surface area contributed by atoms with E-state index in [4.69, 9.17) is 9.72 Å². The van der Waals surface area contributed by atoms with Crippen LogP contribution in [0.25, 0.3) is 10.2 Å². The van der Waals surface area contributed by atoms with Crippen molar-refractivity contribution in [3.8, 4) is 0 Å². The van der Waals surface area contributed by atoms with E-state index in [0.29, 0.717) is 17.1 Å². The highest BCUT2D eigenvalue weighted by Gasteiger charge is 2.42. The third-order valence-corrected chi connectivity index (χ3v) is 9.29. The van der Waals surface area contributed by atoms with E-state index in [-0.39, 0.29) is 18.1 Å². The van der Waals surface area contributed by atoms with Gasteiger partial charge in [-0.15, -0.1) is 0 Å². The number of quaternary nitrogens is 2. The zero-order chi connectivity index (χ0) is 27.2. The maximum absolute atomic E-state index is 14.3. The van der Waals surface area contributed by atoms with Crippen molar-refractivity contribution in [3.05, 3.63) is 96.1 Å². The van der Waals surface area contributed by atoms with E-state index in [9.17, 15) is 4.79 Å². The van der Waals surface area contributed by atoms with E-state index in [1.165, 1.54) is 11.1 Å². The second kappa shape index (κ2) is 12.5. The van der Waals surface area contributed by atoms with Crippen LogP contribution in [0.5, 0.6) is 0 Å². The minimum Gasteiger partial charge on any atom is -0.377 e. The Morgan fingerprint density at radius 1 is 1.03 bits per heavy atom. The second-order valence-electron chi connectivity index (χ2n) is 10.8. The highest BCUT2D eigenvalue weighted by Crippen LogP contribution is 2.29. The molecular weight excluding hydrogens is 504 g/mol. The van der Waals surface area contributed by atoms with Crippen LogP contribution in [0.15, 0.2) is 84.9 Å². The van der Waals surface area contributed by atoms with Gasteiger partial charge in [-0.1, -0.05) is 84.1 Å². The van der Waals surface area contributed by atoms with E-state index in [1.807, 2.05) is 25.2 Å². The molecule has 7 heteroatoms. The Bertz CT molecular complexity index is 1290. The molecule has 5 rings (SSSR count). The Balaban J connectivity index is 1.39. The number of benzene rings is 3. The molecule has 1 saturated heterocycles. The first-order chi connectivity index (χ1) is 18.9. The average Bonchev–Trinajstić information content (AvgIpc) is 3.59. The van der Waals surface area contributed by atoms with Crippen LogP contribution < -0.4 is 10.2 Å². The molecule has 4 atom stereocenters. The van der Waals surface area contributed by atoms with E-state index in [2.05, 4.69) is 86.0 Å². The lowest BCUT2D eigenvalue weighted by atomic mass is 9.88. The van der Waals surface area contributed by atoms with Crippen LogP contribution in [0.2, 0.25) is 0 Å². The molecule has 0 saturated carbocycles. The smallest absolute Gasteiger partial charge is 0.377 e. The van der Waals surface area contributed by atoms with E-state index < -0.39 is 0 Å². The number of aromatic nitrogens is 1.